The van der Waals surface area contributed by atoms with Crippen LogP contribution < -0.4 is 4.90 Å². The number of rotatable bonds is 0. The highest BCUT2D eigenvalue weighted by atomic mass is 16.2. The van der Waals surface area contributed by atoms with Gasteiger partial charge in [-0.3, -0.25) is 9.47 Å². The van der Waals surface area contributed by atoms with Crippen LogP contribution in [0, 0.1) is 6.92 Å². The van der Waals surface area contributed by atoms with Gasteiger partial charge in [0.2, 0.25) is 0 Å². The Morgan fingerprint density at radius 3 is 2.55 bits per heavy atom. The fourth-order valence-corrected chi connectivity index (χ4v) is 3.27. The molecule has 0 saturated carbocycles. The molecule has 2 heterocycles. The molecular formula is C18H21N3O. The lowest BCUT2D eigenvalue weighted by atomic mass is 9.80. The molecule has 0 unspecified atom stereocenters. The molecule has 4 nitrogen and oxygen atoms in total. The van der Waals surface area contributed by atoms with Crippen molar-refractivity contribution >= 4 is 17.3 Å². The molecule has 0 radical (unpaired) electrons. The number of nitrogens with zero attached hydrogens (tertiary/aromatic N) is 3. The van der Waals surface area contributed by atoms with E-state index in [0.29, 0.717) is 0 Å². The summed E-state index contributed by atoms with van der Waals surface area (Å²) in [5.41, 5.74) is 5.40. The lowest BCUT2D eigenvalue weighted by Crippen LogP contribution is -2.52. The highest BCUT2D eigenvalue weighted by molar-refractivity contribution is 6.01. The average molecular weight is 295 g/mol. The normalized spacial score (nSPS) is 16.7. The SMILES string of the molecule is CC1=C(C)C(C)(C)N(C(=O)n2ccnc2)c2cccc(C)c21. The van der Waals surface area contributed by atoms with E-state index < -0.39 is 0 Å². The van der Waals surface area contributed by atoms with Crippen molar-refractivity contribution in [1.82, 2.24) is 9.55 Å². The minimum Gasteiger partial charge on any atom is -0.284 e. The Bertz CT molecular complexity index is 770. The van der Waals surface area contributed by atoms with Crippen LogP contribution in [0.25, 0.3) is 5.57 Å². The fourth-order valence-electron chi connectivity index (χ4n) is 3.27. The average Bonchev–Trinajstić information content (AvgIpc) is 2.99. The van der Waals surface area contributed by atoms with Crippen molar-refractivity contribution in [1.29, 1.82) is 0 Å². The Hall–Kier alpha value is -2.36. The Balaban J connectivity index is 2.26. The summed E-state index contributed by atoms with van der Waals surface area (Å²) in [6.07, 6.45) is 4.86. The molecule has 4 heteroatoms. The van der Waals surface area contributed by atoms with Crippen LogP contribution in [0.5, 0.6) is 0 Å². The van der Waals surface area contributed by atoms with Crippen molar-refractivity contribution in [3.8, 4) is 0 Å². The van der Waals surface area contributed by atoms with Crippen LogP contribution in [0.1, 0.15) is 38.8 Å². The third-order valence-electron chi connectivity index (χ3n) is 4.82. The smallest absolute Gasteiger partial charge is 0.284 e. The number of allylic oxidation sites excluding steroid dienone is 1. The number of aryl methyl sites for hydroxylation is 1. The van der Waals surface area contributed by atoms with Gasteiger partial charge in [0, 0.05) is 18.0 Å². The molecule has 2 aromatic rings. The molecule has 0 atom stereocenters. The fraction of sp³-hybridized carbons (Fsp3) is 0.333. The monoisotopic (exact) mass is 295 g/mol. The van der Waals surface area contributed by atoms with Crippen LogP contribution in [0.2, 0.25) is 0 Å². The number of imidazole rings is 1. The van der Waals surface area contributed by atoms with Gasteiger partial charge < -0.3 is 0 Å². The topological polar surface area (TPSA) is 38.1 Å². The zero-order valence-corrected chi connectivity index (χ0v) is 13.7. The van der Waals surface area contributed by atoms with Crippen molar-refractivity contribution in [2.45, 2.75) is 40.2 Å². The van der Waals surface area contributed by atoms with E-state index in [1.807, 2.05) is 17.0 Å². The van der Waals surface area contributed by atoms with E-state index in [4.69, 9.17) is 0 Å². The number of hydrogen-bond donors (Lipinski definition) is 0. The Morgan fingerprint density at radius 1 is 1.18 bits per heavy atom. The molecule has 0 fully saturated rings. The van der Waals surface area contributed by atoms with Crippen molar-refractivity contribution in [3.05, 3.63) is 53.6 Å². The van der Waals surface area contributed by atoms with Gasteiger partial charge >= 0.3 is 6.03 Å². The van der Waals surface area contributed by atoms with E-state index in [-0.39, 0.29) is 11.6 Å². The summed E-state index contributed by atoms with van der Waals surface area (Å²) in [6, 6.07) is 6.04. The first kappa shape index (κ1) is 14.6. The Morgan fingerprint density at radius 2 is 1.91 bits per heavy atom. The molecule has 0 saturated heterocycles. The third kappa shape index (κ3) is 1.90. The number of carbonyl (C=O) groups excluding carboxylic acids is 1. The molecule has 0 N–H and O–H groups in total. The minimum absolute atomic E-state index is 0.0822. The second kappa shape index (κ2) is 4.83. The van der Waals surface area contributed by atoms with Gasteiger partial charge in [0.1, 0.15) is 6.33 Å². The van der Waals surface area contributed by atoms with Gasteiger partial charge in [0.05, 0.1) is 11.2 Å². The maximum absolute atomic E-state index is 13.0. The Kier molecular flexibility index (Phi) is 3.20. The number of aromatic nitrogens is 2. The van der Waals surface area contributed by atoms with Gasteiger partial charge in [0.25, 0.3) is 0 Å². The zero-order chi connectivity index (χ0) is 16.1. The van der Waals surface area contributed by atoms with E-state index >= 15 is 0 Å². The molecule has 22 heavy (non-hydrogen) atoms. The summed E-state index contributed by atoms with van der Waals surface area (Å²) in [5, 5.41) is 0. The first-order valence-corrected chi connectivity index (χ1v) is 7.46. The summed E-state index contributed by atoms with van der Waals surface area (Å²) in [4.78, 5) is 18.9. The molecule has 3 rings (SSSR count). The first-order chi connectivity index (χ1) is 10.4. The largest absolute Gasteiger partial charge is 0.334 e. The van der Waals surface area contributed by atoms with Crippen LogP contribution in [0.4, 0.5) is 10.5 Å². The quantitative estimate of drug-likeness (QED) is 0.728. The van der Waals surface area contributed by atoms with E-state index in [1.165, 1.54) is 21.3 Å². The molecule has 0 spiro atoms. The van der Waals surface area contributed by atoms with Crippen LogP contribution in [0.3, 0.4) is 0 Å². The van der Waals surface area contributed by atoms with Gasteiger partial charge in [0.15, 0.2) is 0 Å². The van der Waals surface area contributed by atoms with Crippen LogP contribution in [-0.4, -0.2) is 21.1 Å². The van der Waals surface area contributed by atoms with E-state index in [2.05, 4.69) is 45.7 Å². The highest BCUT2D eigenvalue weighted by Gasteiger charge is 2.40. The van der Waals surface area contributed by atoms with E-state index in [1.54, 1.807) is 18.7 Å². The van der Waals surface area contributed by atoms with E-state index in [9.17, 15) is 4.79 Å². The number of carbonyl (C=O) groups is 1. The van der Waals surface area contributed by atoms with Crippen LogP contribution in [0.15, 0.2) is 42.5 Å². The summed E-state index contributed by atoms with van der Waals surface area (Å²) in [7, 11) is 0. The first-order valence-electron chi connectivity index (χ1n) is 7.46. The molecule has 0 bridgehead atoms. The number of hydrogen-bond acceptors (Lipinski definition) is 2. The van der Waals surface area contributed by atoms with Gasteiger partial charge in [-0.05, 0) is 57.4 Å². The molecule has 0 aliphatic carbocycles. The molecule has 1 amide bonds. The zero-order valence-electron chi connectivity index (χ0n) is 13.7. The van der Waals surface area contributed by atoms with Crippen LogP contribution in [-0.2, 0) is 0 Å². The van der Waals surface area contributed by atoms with Crippen molar-refractivity contribution in [2.75, 3.05) is 4.90 Å². The molecule has 114 valence electrons. The standard InChI is InChI=1S/C18H21N3O/c1-12-7-6-8-15-16(12)13(2)14(3)18(4,5)21(15)17(22)20-10-9-19-11-20/h6-11H,1-5H3. The minimum atomic E-state index is -0.383. The maximum atomic E-state index is 13.0. The molecular weight excluding hydrogens is 274 g/mol. The predicted octanol–water partition coefficient (Wildman–Crippen LogP) is 4.25. The van der Waals surface area contributed by atoms with Gasteiger partial charge in [-0.1, -0.05) is 12.1 Å². The third-order valence-corrected chi connectivity index (χ3v) is 4.82. The summed E-state index contributed by atoms with van der Waals surface area (Å²) >= 11 is 0. The number of benzene rings is 1. The highest BCUT2D eigenvalue weighted by Crippen LogP contribution is 2.44. The second-order valence-electron chi connectivity index (χ2n) is 6.37. The summed E-state index contributed by atoms with van der Waals surface area (Å²) in [5.74, 6) is 0. The maximum Gasteiger partial charge on any atom is 0.334 e. The number of anilines is 1. The lowest BCUT2D eigenvalue weighted by molar-refractivity contribution is 0.243. The Labute approximate surface area is 131 Å². The van der Waals surface area contributed by atoms with Crippen molar-refractivity contribution in [3.63, 3.8) is 0 Å². The number of fused-ring (bicyclic) bond motifs is 1. The van der Waals surface area contributed by atoms with Crippen LogP contribution >= 0.6 is 0 Å². The lowest BCUT2D eigenvalue weighted by Gasteiger charge is -2.45. The number of amides is 1. The van der Waals surface area contributed by atoms with E-state index in [0.717, 1.165) is 11.3 Å². The molecule has 1 aliphatic rings. The molecule has 1 aromatic carbocycles. The van der Waals surface area contributed by atoms with Crippen molar-refractivity contribution in [2.24, 2.45) is 0 Å². The summed E-state index contributed by atoms with van der Waals surface area (Å²) < 4.78 is 1.53. The van der Waals surface area contributed by atoms with Gasteiger partial charge in [-0.25, -0.2) is 9.78 Å². The predicted molar refractivity (Wildman–Crippen MR) is 89.0 cm³/mol. The van der Waals surface area contributed by atoms with Crippen molar-refractivity contribution < 1.29 is 4.79 Å². The molecule has 1 aromatic heterocycles. The van der Waals surface area contributed by atoms with Gasteiger partial charge in [-0.2, -0.15) is 0 Å². The van der Waals surface area contributed by atoms with Gasteiger partial charge in [-0.15, -0.1) is 0 Å². The molecule has 1 aliphatic heterocycles. The second-order valence-corrected chi connectivity index (χ2v) is 6.37. The summed E-state index contributed by atoms with van der Waals surface area (Å²) in [6.45, 7) is 10.5.